The van der Waals surface area contributed by atoms with Crippen molar-refractivity contribution in [3.63, 3.8) is 0 Å². The standard InChI is InChI=1S/C11H13N5O2/c12-4-3-9(17)14-7-10-15-11(16-18-10)8-2-1-5-13-6-8/h1-2,5-6H,3-4,7,12H2,(H,14,17). The molecule has 94 valence electrons. The van der Waals surface area contributed by atoms with E-state index in [4.69, 9.17) is 10.3 Å². The lowest BCUT2D eigenvalue weighted by Gasteiger charge is -1.98. The third-order valence-corrected chi connectivity index (χ3v) is 2.20. The lowest BCUT2D eigenvalue weighted by molar-refractivity contribution is -0.121. The smallest absolute Gasteiger partial charge is 0.246 e. The van der Waals surface area contributed by atoms with Gasteiger partial charge in [0.1, 0.15) is 0 Å². The second-order valence-electron chi connectivity index (χ2n) is 3.57. The Kier molecular flexibility index (Phi) is 3.98. The van der Waals surface area contributed by atoms with Gasteiger partial charge in [-0.05, 0) is 12.1 Å². The molecule has 0 saturated heterocycles. The summed E-state index contributed by atoms with van der Waals surface area (Å²) < 4.78 is 5.01. The van der Waals surface area contributed by atoms with Crippen LogP contribution in [0.2, 0.25) is 0 Å². The molecule has 0 aliphatic rings. The van der Waals surface area contributed by atoms with E-state index in [2.05, 4.69) is 20.4 Å². The highest BCUT2D eigenvalue weighted by Crippen LogP contribution is 2.13. The SMILES string of the molecule is NCCC(=O)NCc1nc(-c2cccnc2)no1. The Balaban J connectivity index is 1.97. The van der Waals surface area contributed by atoms with E-state index in [0.717, 1.165) is 5.56 Å². The molecule has 1 amide bonds. The van der Waals surface area contributed by atoms with Gasteiger partial charge in [0, 0.05) is 30.9 Å². The quantitative estimate of drug-likeness (QED) is 0.775. The highest BCUT2D eigenvalue weighted by Gasteiger charge is 2.09. The van der Waals surface area contributed by atoms with Crippen LogP contribution in [0.3, 0.4) is 0 Å². The molecule has 0 spiro atoms. The Morgan fingerprint density at radius 1 is 1.50 bits per heavy atom. The molecule has 0 fully saturated rings. The maximum Gasteiger partial charge on any atom is 0.246 e. The van der Waals surface area contributed by atoms with Crippen LogP contribution in [-0.4, -0.2) is 27.6 Å². The van der Waals surface area contributed by atoms with Crippen LogP contribution in [0, 0.1) is 0 Å². The molecular formula is C11H13N5O2. The summed E-state index contributed by atoms with van der Waals surface area (Å²) in [6.45, 7) is 0.517. The van der Waals surface area contributed by atoms with Crippen LogP contribution in [0.25, 0.3) is 11.4 Å². The number of nitrogens with two attached hydrogens (primary N) is 1. The Morgan fingerprint density at radius 2 is 2.39 bits per heavy atom. The first-order valence-electron chi connectivity index (χ1n) is 5.49. The predicted octanol–water partition coefficient (Wildman–Crippen LogP) is 0.0966. The minimum absolute atomic E-state index is 0.140. The van der Waals surface area contributed by atoms with Crippen molar-refractivity contribution in [2.75, 3.05) is 6.54 Å². The van der Waals surface area contributed by atoms with Gasteiger partial charge in [-0.2, -0.15) is 4.98 Å². The molecule has 0 aliphatic carbocycles. The average molecular weight is 247 g/mol. The second-order valence-corrected chi connectivity index (χ2v) is 3.57. The highest BCUT2D eigenvalue weighted by molar-refractivity contribution is 5.75. The van der Waals surface area contributed by atoms with Crippen LogP contribution in [-0.2, 0) is 11.3 Å². The van der Waals surface area contributed by atoms with Crippen LogP contribution < -0.4 is 11.1 Å². The maximum atomic E-state index is 11.2. The van der Waals surface area contributed by atoms with Gasteiger partial charge in [-0.25, -0.2) is 0 Å². The molecule has 0 radical (unpaired) electrons. The molecule has 2 aromatic rings. The van der Waals surface area contributed by atoms with Gasteiger partial charge in [0.2, 0.25) is 17.6 Å². The van der Waals surface area contributed by atoms with Gasteiger partial charge in [-0.1, -0.05) is 5.16 Å². The highest BCUT2D eigenvalue weighted by atomic mass is 16.5. The van der Waals surface area contributed by atoms with Crippen molar-refractivity contribution in [1.82, 2.24) is 20.4 Å². The van der Waals surface area contributed by atoms with E-state index < -0.39 is 0 Å². The van der Waals surface area contributed by atoms with Crippen LogP contribution >= 0.6 is 0 Å². The van der Waals surface area contributed by atoms with Crippen LogP contribution in [0.1, 0.15) is 12.3 Å². The summed E-state index contributed by atoms with van der Waals surface area (Å²) in [4.78, 5) is 19.3. The van der Waals surface area contributed by atoms with Gasteiger partial charge in [0.05, 0.1) is 6.54 Å². The number of hydrogen-bond acceptors (Lipinski definition) is 6. The lowest BCUT2D eigenvalue weighted by atomic mass is 10.3. The van der Waals surface area contributed by atoms with E-state index in [1.54, 1.807) is 18.5 Å². The van der Waals surface area contributed by atoms with Crippen molar-refractivity contribution >= 4 is 5.91 Å². The fourth-order valence-corrected chi connectivity index (χ4v) is 1.33. The van der Waals surface area contributed by atoms with E-state index in [1.165, 1.54) is 0 Å². The van der Waals surface area contributed by atoms with E-state index in [-0.39, 0.29) is 18.9 Å². The molecule has 0 aliphatic heterocycles. The zero-order chi connectivity index (χ0) is 12.8. The number of rotatable bonds is 5. The minimum atomic E-state index is -0.140. The zero-order valence-corrected chi connectivity index (χ0v) is 9.67. The summed E-state index contributed by atoms with van der Waals surface area (Å²) in [6.07, 6.45) is 3.59. The van der Waals surface area contributed by atoms with Crippen molar-refractivity contribution in [2.45, 2.75) is 13.0 Å². The third kappa shape index (κ3) is 3.11. The van der Waals surface area contributed by atoms with Crippen molar-refractivity contribution in [3.05, 3.63) is 30.4 Å². The first-order valence-corrected chi connectivity index (χ1v) is 5.49. The van der Waals surface area contributed by atoms with E-state index in [0.29, 0.717) is 18.3 Å². The van der Waals surface area contributed by atoms with Gasteiger partial charge in [-0.15, -0.1) is 0 Å². The molecule has 7 heteroatoms. The second kappa shape index (κ2) is 5.87. The maximum absolute atomic E-state index is 11.2. The minimum Gasteiger partial charge on any atom is -0.347 e. The van der Waals surface area contributed by atoms with Crippen molar-refractivity contribution in [1.29, 1.82) is 0 Å². The molecule has 0 saturated carbocycles. The van der Waals surface area contributed by atoms with Gasteiger partial charge in [0.15, 0.2) is 0 Å². The van der Waals surface area contributed by atoms with Crippen LogP contribution in [0.15, 0.2) is 29.0 Å². The summed E-state index contributed by atoms with van der Waals surface area (Å²) in [5, 5.41) is 6.44. The molecule has 3 N–H and O–H groups in total. The van der Waals surface area contributed by atoms with Gasteiger partial charge < -0.3 is 15.6 Å². The van der Waals surface area contributed by atoms with Gasteiger partial charge >= 0.3 is 0 Å². The fraction of sp³-hybridized carbons (Fsp3) is 0.273. The summed E-state index contributed by atoms with van der Waals surface area (Å²) in [7, 11) is 0. The fourth-order valence-electron chi connectivity index (χ4n) is 1.33. The Bertz CT molecular complexity index is 511. The average Bonchev–Trinajstić information content (AvgIpc) is 2.87. The first-order chi connectivity index (χ1) is 8.79. The number of carbonyl (C=O) groups is 1. The molecule has 18 heavy (non-hydrogen) atoms. The van der Waals surface area contributed by atoms with Crippen LogP contribution in [0.4, 0.5) is 0 Å². The molecule has 0 atom stereocenters. The molecule has 2 aromatic heterocycles. The number of nitrogens with one attached hydrogen (secondary N) is 1. The molecule has 0 aromatic carbocycles. The number of nitrogens with zero attached hydrogens (tertiary/aromatic N) is 3. The third-order valence-electron chi connectivity index (χ3n) is 2.20. The summed E-state index contributed by atoms with van der Waals surface area (Å²) in [5.41, 5.74) is 6.02. The molecule has 0 bridgehead atoms. The Labute approximate surface area is 103 Å². The summed E-state index contributed by atoms with van der Waals surface area (Å²) in [6, 6.07) is 3.61. The number of carbonyl (C=O) groups excluding carboxylic acids is 1. The van der Waals surface area contributed by atoms with Gasteiger partial charge in [0.25, 0.3) is 0 Å². The monoisotopic (exact) mass is 247 g/mol. The number of aromatic nitrogens is 3. The number of pyridine rings is 1. The Morgan fingerprint density at radius 3 is 3.11 bits per heavy atom. The van der Waals surface area contributed by atoms with Crippen LogP contribution in [0.5, 0.6) is 0 Å². The number of amides is 1. The van der Waals surface area contributed by atoms with Crippen molar-refractivity contribution in [2.24, 2.45) is 5.73 Å². The first kappa shape index (κ1) is 12.2. The zero-order valence-electron chi connectivity index (χ0n) is 9.67. The molecule has 7 nitrogen and oxygen atoms in total. The molecule has 2 heterocycles. The van der Waals surface area contributed by atoms with E-state index in [1.807, 2.05) is 6.07 Å². The van der Waals surface area contributed by atoms with Crippen molar-refractivity contribution < 1.29 is 9.32 Å². The molecule has 2 rings (SSSR count). The number of hydrogen-bond donors (Lipinski definition) is 2. The predicted molar refractivity (Wildman–Crippen MR) is 63.0 cm³/mol. The molecular weight excluding hydrogens is 234 g/mol. The topological polar surface area (TPSA) is 107 Å². The van der Waals surface area contributed by atoms with E-state index >= 15 is 0 Å². The summed E-state index contributed by atoms with van der Waals surface area (Å²) >= 11 is 0. The normalized spacial score (nSPS) is 10.3. The van der Waals surface area contributed by atoms with Crippen molar-refractivity contribution in [3.8, 4) is 11.4 Å². The Hall–Kier alpha value is -2.28. The molecule has 0 unspecified atom stereocenters. The summed E-state index contributed by atoms with van der Waals surface area (Å²) in [5.74, 6) is 0.657. The van der Waals surface area contributed by atoms with Gasteiger partial charge in [-0.3, -0.25) is 9.78 Å². The lowest BCUT2D eigenvalue weighted by Crippen LogP contribution is -2.25. The largest absolute Gasteiger partial charge is 0.347 e. The van der Waals surface area contributed by atoms with E-state index in [9.17, 15) is 4.79 Å².